The lowest BCUT2D eigenvalue weighted by atomic mass is 10.2. The van der Waals surface area contributed by atoms with Gasteiger partial charge in [0.15, 0.2) is 0 Å². The summed E-state index contributed by atoms with van der Waals surface area (Å²) in [6.45, 7) is 0.356. The minimum Gasteiger partial charge on any atom is -0.336 e. The predicted octanol–water partition coefficient (Wildman–Crippen LogP) is 1.32. The van der Waals surface area contributed by atoms with Gasteiger partial charge >= 0.3 is 6.03 Å². The van der Waals surface area contributed by atoms with Crippen LogP contribution in [-0.4, -0.2) is 40.9 Å². The van der Waals surface area contributed by atoms with Gasteiger partial charge in [-0.15, -0.1) is 0 Å². The molecule has 2 N–H and O–H groups in total. The van der Waals surface area contributed by atoms with E-state index >= 15 is 0 Å². The molecule has 8 heteroatoms. The Morgan fingerprint density at radius 2 is 2.05 bits per heavy atom. The van der Waals surface area contributed by atoms with E-state index < -0.39 is 6.03 Å². The summed E-state index contributed by atoms with van der Waals surface area (Å²) in [5.74, 6) is -0.486. The van der Waals surface area contributed by atoms with Gasteiger partial charge in [-0.05, 0) is 6.07 Å². The Morgan fingerprint density at radius 1 is 1.29 bits per heavy atom. The second kappa shape index (κ2) is 7.07. The zero-order chi connectivity index (χ0) is 15.2. The molecule has 0 radical (unpaired) electrons. The van der Waals surface area contributed by atoms with Gasteiger partial charge in [-0.2, -0.15) is 0 Å². The maximum atomic E-state index is 13.3. The molecule has 1 aromatic rings. The first-order valence-electron chi connectivity index (χ1n) is 6.30. The van der Waals surface area contributed by atoms with Crippen molar-refractivity contribution in [3.63, 3.8) is 0 Å². The van der Waals surface area contributed by atoms with Crippen LogP contribution in [0.2, 0.25) is 0 Å². The van der Waals surface area contributed by atoms with E-state index in [1.165, 1.54) is 6.07 Å². The van der Waals surface area contributed by atoms with Crippen LogP contribution in [0.3, 0.4) is 0 Å². The summed E-state index contributed by atoms with van der Waals surface area (Å²) >= 11 is 0.949. The van der Waals surface area contributed by atoms with Crippen molar-refractivity contribution in [2.45, 2.75) is 6.54 Å². The second-order valence-electron chi connectivity index (χ2n) is 4.30. The van der Waals surface area contributed by atoms with E-state index in [9.17, 15) is 18.8 Å². The van der Waals surface area contributed by atoms with Gasteiger partial charge in [-0.25, -0.2) is 9.18 Å². The number of imide groups is 1. The van der Waals surface area contributed by atoms with Crippen molar-refractivity contribution in [1.82, 2.24) is 15.5 Å². The van der Waals surface area contributed by atoms with Crippen molar-refractivity contribution < 1.29 is 18.8 Å². The average molecular weight is 311 g/mol. The molecule has 21 heavy (non-hydrogen) atoms. The maximum Gasteiger partial charge on any atom is 0.315 e. The molecule has 6 nitrogen and oxygen atoms in total. The first-order valence-corrected chi connectivity index (χ1v) is 7.28. The lowest BCUT2D eigenvalue weighted by molar-refractivity contribution is -0.124. The topological polar surface area (TPSA) is 78.5 Å². The summed E-state index contributed by atoms with van der Waals surface area (Å²) < 4.78 is 13.3. The molecule has 1 aliphatic heterocycles. The Balaban J connectivity index is 1.69. The third kappa shape index (κ3) is 4.19. The van der Waals surface area contributed by atoms with Gasteiger partial charge < -0.3 is 10.6 Å². The minimum absolute atomic E-state index is 0.0654. The molecular formula is C13H14FN3O3S. The van der Waals surface area contributed by atoms with Crippen molar-refractivity contribution in [1.29, 1.82) is 0 Å². The number of nitrogens with zero attached hydrogens (tertiary/aromatic N) is 1. The van der Waals surface area contributed by atoms with E-state index in [2.05, 4.69) is 10.6 Å². The fourth-order valence-corrected chi connectivity index (χ4v) is 2.51. The molecule has 1 heterocycles. The number of benzene rings is 1. The highest BCUT2D eigenvalue weighted by molar-refractivity contribution is 8.14. The van der Waals surface area contributed by atoms with E-state index in [1.807, 2.05) is 0 Å². The number of hydrogen-bond donors (Lipinski definition) is 2. The van der Waals surface area contributed by atoms with Gasteiger partial charge in [-0.3, -0.25) is 14.5 Å². The van der Waals surface area contributed by atoms with Crippen LogP contribution in [0, 0.1) is 5.82 Å². The predicted molar refractivity (Wildman–Crippen MR) is 76.2 cm³/mol. The average Bonchev–Trinajstić information content (AvgIpc) is 2.78. The van der Waals surface area contributed by atoms with Gasteiger partial charge in [-0.1, -0.05) is 30.0 Å². The van der Waals surface area contributed by atoms with Crippen LogP contribution in [0.4, 0.5) is 14.0 Å². The first kappa shape index (κ1) is 15.3. The molecule has 0 aliphatic carbocycles. The smallest absolute Gasteiger partial charge is 0.315 e. The van der Waals surface area contributed by atoms with Crippen molar-refractivity contribution >= 4 is 28.9 Å². The molecule has 0 atom stereocenters. The number of carbonyl (C=O) groups is 3. The third-order valence-corrected chi connectivity index (χ3v) is 3.72. The molecule has 1 aromatic carbocycles. The molecule has 0 spiro atoms. The lowest BCUT2D eigenvalue weighted by Gasteiger charge is -2.13. The third-order valence-electron chi connectivity index (χ3n) is 2.86. The van der Waals surface area contributed by atoms with Gasteiger partial charge in [0.05, 0.1) is 5.75 Å². The van der Waals surface area contributed by atoms with Gasteiger partial charge in [0, 0.05) is 25.2 Å². The molecule has 0 unspecified atom stereocenters. The number of thioether (sulfide) groups is 1. The lowest BCUT2D eigenvalue weighted by Crippen LogP contribution is -2.41. The van der Waals surface area contributed by atoms with Crippen molar-refractivity contribution in [3.8, 4) is 0 Å². The molecule has 4 amide bonds. The van der Waals surface area contributed by atoms with E-state index in [0.29, 0.717) is 5.56 Å². The van der Waals surface area contributed by atoms with Crippen LogP contribution in [0.25, 0.3) is 0 Å². The summed E-state index contributed by atoms with van der Waals surface area (Å²) in [4.78, 5) is 35.3. The second-order valence-corrected chi connectivity index (χ2v) is 5.23. The highest BCUT2D eigenvalue weighted by Crippen LogP contribution is 2.17. The molecule has 1 saturated heterocycles. The fraction of sp³-hybridized carbons (Fsp3) is 0.308. The zero-order valence-corrected chi connectivity index (χ0v) is 11.9. The standard InChI is InChI=1S/C13H14FN3O3S/c14-10-4-2-1-3-9(10)7-16-12(19)15-5-6-17-11(18)8-21-13(17)20/h1-4H,5-8H2,(H2,15,16,19). The van der Waals surface area contributed by atoms with Crippen LogP contribution in [0.15, 0.2) is 24.3 Å². The maximum absolute atomic E-state index is 13.3. The van der Waals surface area contributed by atoms with Crippen molar-refractivity contribution in [3.05, 3.63) is 35.6 Å². The van der Waals surface area contributed by atoms with Crippen molar-refractivity contribution in [2.24, 2.45) is 0 Å². The SMILES string of the molecule is O=C(NCCN1C(=O)CSC1=O)NCc1ccccc1F. The molecule has 0 bridgehead atoms. The Kier molecular flexibility index (Phi) is 5.15. The van der Waals surface area contributed by atoms with E-state index in [-0.39, 0.29) is 42.4 Å². The first-order chi connectivity index (χ1) is 10.1. The fourth-order valence-electron chi connectivity index (χ4n) is 1.76. The van der Waals surface area contributed by atoms with Gasteiger partial charge in [0.2, 0.25) is 5.91 Å². The number of halogens is 1. The highest BCUT2D eigenvalue weighted by Gasteiger charge is 2.29. The number of urea groups is 1. The van der Waals surface area contributed by atoms with Gasteiger partial charge in [0.1, 0.15) is 5.82 Å². The molecule has 0 aromatic heterocycles. The number of carbonyl (C=O) groups excluding carboxylic acids is 3. The number of hydrogen-bond acceptors (Lipinski definition) is 4. The van der Waals surface area contributed by atoms with Gasteiger partial charge in [0.25, 0.3) is 5.24 Å². The summed E-state index contributed by atoms with van der Waals surface area (Å²) in [7, 11) is 0. The van der Waals surface area contributed by atoms with Crippen LogP contribution in [0.5, 0.6) is 0 Å². The molecule has 0 saturated carbocycles. The summed E-state index contributed by atoms with van der Waals surface area (Å²) in [6.07, 6.45) is 0. The van der Waals surface area contributed by atoms with E-state index in [4.69, 9.17) is 0 Å². The number of amides is 4. The Labute approximate surface area is 125 Å². The molecular weight excluding hydrogens is 297 g/mol. The summed E-state index contributed by atoms with van der Waals surface area (Å²) in [5, 5.41) is 4.72. The Morgan fingerprint density at radius 3 is 2.71 bits per heavy atom. The highest BCUT2D eigenvalue weighted by atomic mass is 32.2. The van der Waals surface area contributed by atoms with Crippen LogP contribution in [0.1, 0.15) is 5.56 Å². The molecule has 112 valence electrons. The zero-order valence-electron chi connectivity index (χ0n) is 11.1. The Hall–Kier alpha value is -2.09. The number of nitrogens with one attached hydrogen (secondary N) is 2. The van der Waals surface area contributed by atoms with E-state index in [1.54, 1.807) is 18.2 Å². The van der Waals surface area contributed by atoms with Crippen LogP contribution < -0.4 is 10.6 Å². The normalized spacial score (nSPS) is 14.4. The molecule has 1 fully saturated rings. The van der Waals surface area contributed by atoms with E-state index in [0.717, 1.165) is 16.7 Å². The number of rotatable bonds is 5. The monoisotopic (exact) mass is 311 g/mol. The minimum atomic E-state index is -0.481. The Bertz CT molecular complexity index is 551. The summed E-state index contributed by atoms with van der Waals surface area (Å²) in [6, 6.07) is 5.66. The van der Waals surface area contributed by atoms with Crippen LogP contribution >= 0.6 is 11.8 Å². The summed E-state index contributed by atoms with van der Waals surface area (Å²) in [5.41, 5.74) is 0.383. The van der Waals surface area contributed by atoms with Crippen molar-refractivity contribution in [2.75, 3.05) is 18.8 Å². The molecule has 1 aliphatic rings. The quantitative estimate of drug-likeness (QED) is 0.859. The van der Waals surface area contributed by atoms with Crippen LogP contribution in [-0.2, 0) is 11.3 Å². The molecule has 2 rings (SSSR count). The largest absolute Gasteiger partial charge is 0.336 e.